The van der Waals surface area contributed by atoms with Crippen LogP contribution in [-0.2, 0) is 22.6 Å². The molecule has 0 aliphatic rings. The molecule has 1 aromatic carbocycles. The van der Waals surface area contributed by atoms with Gasteiger partial charge in [-0.25, -0.2) is 0 Å². The first-order valence-electron chi connectivity index (χ1n) is 8.12. The second-order valence-electron chi connectivity index (χ2n) is 5.61. The Morgan fingerprint density at radius 1 is 1.17 bits per heavy atom. The van der Waals surface area contributed by atoms with Gasteiger partial charge in [0.05, 0.1) is 0 Å². The Morgan fingerprint density at radius 3 is 2.62 bits per heavy atom. The van der Waals surface area contributed by atoms with Crippen LogP contribution in [-0.4, -0.2) is 28.2 Å². The van der Waals surface area contributed by atoms with Crippen LogP contribution in [0.1, 0.15) is 31.4 Å². The molecule has 0 aliphatic carbocycles. The van der Waals surface area contributed by atoms with Gasteiger partial charge in [0, 0.05) is 44.5 Å². The number of para-hydroxylation sites is 1. The third-order valence-corrected chi connectivity index (χ3v) is 3.82. The molecule has 0 saturated carbocycles. The number of benzene rings is 1. The van der Waals surface area contributed by atoms with Crippen molar-refractivity contribution in [3.8, 4) is 0 Å². The quantitative estimate of drug-likeness (QED) is 0.851. The van der Waals surface area contributed by atoms with Gasteiger partial charge in [-0.1, -0.05) is 31.2 Å². The van der Waals surface area contributed by atoms with Gasteiger partial charge in [0.2, 0.25) is 11.8 Å². The molecule has 126 valence electrons. The topological polar surface area (TPSA) is 62.3 Å². The molecule has 0 unspecified atom stereocenters. The van der Waals surface area contributed by atoms with Crippen molar-refractivity contribution in [3.63, 3.8) is 0 Å². The molecule has 1 heterocycles. The summed E-state index contributed by atoms with van der Waals surface area (Å²) in [4.78, 5) is 29.7. The highest BCUT2D eigenvalue weighted by molar-refractivity contribution is 5.91. The second kappa shape index (κ2) is 8.82. The maximum Gasteiger partial charge on any atom is 0.226 e. The first-order valence-corrected chi connectivity index (χ1v) is 8.12. The molecule has 0 fully saturated rings. The Balaban J connectivity index is 1.91. The summed E-state index contributed by atoms with van der Waals surface area (Å²) in [6, 6.07) is 11.5. The summed E-state index contributed by atoms with van der Waals surface area (Å²) >= 11 is 0. The summed E-state index contributed by atoms with van der Waals surface area (Å²) in [5.74, 6) is -0.144. The van der Waals surface area contributed by atoms with Crippen LogP contribution in [0.15, 0.2) is 48.8 Å². The minimum atomic E-state index is -0.0895. The van der Waals surface area contributed by atoms with E-state index >= 15 is 0 Å². The molecule has 0 bridgehead atoms. The smallest absolute Gasteiger partial charge is 0.226 e. The molecule has 2 rings (SSSR count). The zero-order valence-electron chi connectivity index (χ0n) is 14.2. The highest BCUT2D eigenvalue weighted by atomic mass is 16.2. The van der Waals surface area contributed by atoms with Gasteiger partial charge in [0.1, 0.15) is 0 Å². The molecule has 5 heteroatoms. The molecule has 2 aromatic rings. The average molecular weight is 325 g/mol. The van der Waals surface area contributed by atoms with Crippen molar-refractivity contribution in [1.82, 2.24) is 9.88 Å². The van der Waals surface area contributed by atoms with Crippen LogP contribution < -0.4 is 5.32 Å². The maximum absolute atomic E-state index is 12.2. The van der Waals surface area contributed by atoms with Gasteiger partial charge < -0.3 is 10.2 Å². The largest absolute Gasteiger partial charge is 0.338 e. The molecule has 0 atom stereocenters. The zero-order chi connectivity index (χ0) is 17.4. The Kier molecular flexibility index (Phi) is 6.49. The van der Waals surface area contributed by atoms with Crippen LogP contribution in [0, 0.1) is 0 Å². The predicted molar refractivity (Wildman–Crippen MR) is 94.4 cm³/mol. The van der Waals surface area contributed by atoms with E-state index in [1.54, 1.807) is 17.3 Å². The Bertz CT molecular complexity index is 686. The van der Waals surface area contributed by atoms with E-state index in [0.717, 1.165) is 23.2 Å². The van der Waals surface area contributed by atoms with E-state index in [2.05, 4.69) is 17.2 Å². The molecular weight excluding hydrogens is 302 g/mol. The molecule has 0 aliphatic heterocycles. The number of nitrogens with one attached hydrogen (secondary N) is 1. The van der Waals surface area contributed by atoms with Crippen LogP contribution in [0.25, 0.3) is 0 Å². The summed E-state index contributed by atoms with van der Waals surface area (Å²) < 4.78 is 0. The summed E-state index contributed by atoms with van der Waals surface area (Å²) in [5, 5.41) is 2.93. The van der Waals surface area contributed by atoms with E-state index in [1.165, 1.54) is 6.92 Å². The lowest BCUT2D eigenvalue weighted by Crippen LogP contribution is -2.31. The second-order valence-corrected chi connectivity index (χ2v) is 5.61. The van der Waals surface area contributed by atoms with E-state index in [0.29, 0.717) is 13.1 Å². The van der Waals surface area contributed by atoms with E-state index in [4.69, 9.17) is 0 Å². The van der Waals surface area contributed by atoms with Crippen molar-refractivity contribution in [3.05, 3.63) is 59.9 Å². The summed E-state index contributed by atoms with van der Waals surface area (Å²) in [7, 11) is 0. The van der Waals surface area contributed by atoms with Crippen molar-refractivity contribution in [2.24, 2.45) is 0 Å². The maximum atomic E-state index is 12.2. The predicted octanol–water partition coefficient (Wildman–Crippen LogP) is 3.02. The molecule has 2 amide bonds. The number of aryl methyl sites for hydroxylation is 1. The third kappa shape index (κ3) is 5.19. The number of nitrogens with zero attached hydrogens (tertiary/aromatic N) is 2. The highest BCUT2D eigenvalue weighted by Crippen LogP contribution is 2.15. The van der Waals surface area contributed by atoms with Gasteiger partial charge >= 0.3 is 0 Å². The highest BCUT2D eigenvalue weighted by Gasteiger charge is 2.12. The Hall–Kier alpha value is -2.69. The van der Waals surface area contributed by atoms with Crippen molar-refractivity contribution >= 4 is 17.5 Å². The fourth-order valence-electron chi connectivity index (χ4n) is 2.46. The minimum Gasteiger partial charge on any atom is -0.338 e. The number of anilines is 1. The number of hydrogen-bond donors (Lipinski definition) is 1. The molecule has 5 nitrogen and oxygen atoms in total. The van der Waals surface area contributed by atoms with Crippen molar-refractivity contribution in [2.45, 2.75) is 33.2 Å². The number of amides is 2. The molecule has 0 saturated heterocycles. The first kappa shape index (κ1) is 17.7. The number of rotatable bonds is 7. The number of hydrogen-bond acceptors (Lipinski definition) is 3. The first-order chi connectivity index (χ1) is 11.6. The number of carbonyl (C=O) groups is 2. The van der Waals surface area contributed by atoms with Crippen LogP contribution in [0.2, 0.25) is 0 Å². The molecule has 0 spiro atoms. The molecule has 24 heavy (non-hydrogen) atoms. The van der Waals surface area contributed by atoms with Gasteiger partial charge in [-0.15, -0.1) is 0 Å². The van der Waals surface area contributed by atoms with Crippen LogP contribution >= 0.6 is 0 Å². The summed E-state index contributed by atoms with van der Waals surface area (Å²) in [6.07, 6.45) is 4.54. The van der Waals surface area contributed by atoms with Crippen LogP contribution in [0.3, 0.4) is 0 Å². The lowest BCUT2D eigenvalue weighted by molar-refractivity contribution is -0.129. The number of carbonyl (C=O) groups excluding carboxylic acids is 2. The van der Waals surface area contributed by atoms with Crippen LogP contribution in [0.4, 0.5) is 5.69 Å². The van der Waals surface area contributed by atoms with Crippen LogP contribution in [0.5, 0.6) is 0 Å². The number of pyridine rings is 1. The van der Waals surface area contributed by atoms with Gasteiger partial charge in [-0.05, 0) is 29.7 Å². The molecular formula is C19H23N3O2. The van der Waals surface area contributed by atoms with Gasteiger partial charge in [-0.3, -0.25) is 14.6 Å². The Morgan fingerprint density at radius 2 is 1.96 bits per heavy atom. The SMILES string of the molecule is CCc1ccccc1NC(=O)CCN(Cc1cccnc1)C(C)=O. The lowest BCUT2D eigenvalue weighted by Gasteiger charge is -2.21. The van der Waals surface area contributed by atoms with Crippen molar-refractivity contribution in [2.75, 3.05) is 11.9 Å². The van der Waals surface area contributed by atoms with Gasteiger partial charge in [0.25, 0.3) is 0 Å². The summed E-state index contributed by atoms with van der Waals surface area (Å²) in [6.45, 7) is 4.41. The van der Waals surface area contributed by atoms with Crippen molar-refractivity contribution in [1.29, 1.82) is 0 Å². The minimum absolute atomic E-state index is 0.0550. The molecule has 0 radical (unpaired) electrons. The van der Waals surface area contributed by atoms with Crippen molar-refractivity contribution < 1.29 is 9.59 Å². The zero-order valence-corrected chi connectivity index (χ0v) is 14.2. The van der Waals surface area contributed by atoms with E-state index in [9.17, 15) is 9.59 Å². The molecule has 1 N–H and O–H groups in total. The summed E-state index contributed by atoms with van der Waals surface area (Å²) in [5.41, 5.74) is 2.89. The standard InChI is InChI=1S/C19H23N3O2/c1-3-17-8-4-5-9-18(17)21-19(24)10-12-22(15(2)23)14-16-7-6-11-20-13-16/h4-9,11,13H,3,10,12,14H2,1-2H3,(H,21,24). The molecule has 1 aromatic heterocycles. The van der Waals surface area contributed by atoms with Gasteiger partial charge in [-0.2, -0.15) is 0 Å². The Labute approximate surface area is 142 Å². The van der Waals surface area contributed by atoms with E-state index in [1.807, 2.05) is 36.4 Å². The fourth-order valence-corrected chi connectivity index (χ4v) is 2.46. The lowest BCUT2D eigenvalue weighted by atomic mass is 10.1. The van der Waals surface area contributed by atoms with Gasteiger partial charge in [0.15, 0.2) is 0 Å². The van der Waals surface area contributed by atoms with E-state index in [-0.39, 0.29) is 18.2 Å². The third-order valence-electron chi connectivity index (χ3n) is 3.82. The normalized spacial score (nSPS) is 10.2. The average Bonchev–Trinajstić information content (AvgIpc) is 2.59. The number of aromatic nitrogens is 1. The fraction of sp³-hybridized carbons (Fsp3) is 0.316. The van der Waals surface area contributed by atoms with E-state index < -0.39 is 0 Å². The monoisotopic (exact) mass is 325 g/mol.